The maximum Gasteiger partial charge on any atom is 0.409 e. The Balaban J connectivity index is 0.000000346. The maximum atomic E-state index is 11.9. The number of carbonyl (C=O) groups excluding carboxylic acids is 1. The van der Waals surface area contributed by atoms with E-state index < -0.39 is 0 Å². The number of aliphatic imine (C=N–C) groups is 1. The highest BCUT2D eigenvalue weighted by atomic mass is 16.6. The molecule has 1 amide bonds. The number of aromatic nitrogens is 1. The van der Waals surface area contributed by atoms with E-state index in [4.69, 9.17) is 9.47 Å². The van der Waals surface area contributed by atoms with E-state index in [-0.39, 0.29) is 6.09 Å². The van der Waals surface area contributed by atoms with Gasteiger partial charge in [-0.1, -0.05) is 26.0 Å². The number of allylic oxidation sites excluding steroid dienone is 4. The Bertz CT molecular complexity index is 955. The van der Waals surface area contributed by atoms with E-state index in [0.29, 0.717) is 25.6 Å². The van der Waals surface area contributed by atoms with Crippen LogP contribution in [0.15, 0.2) is 59.2 Å². The van der Waals surface area contributed by atoms with Gasteiger partial charge in [-0.15, -0.1) is 0 Å². The molecule has 0 aromatic carbocycles. The molecular weight excluding hydrogens is 452 g/mol. The summed E-state index contributed by atoms with van der Waals surface area (Å²) in [6, 6.07) is 2.02. The zero-order valence-electron chi connectivity index (χ0n) is 23.0. The lowest BCUT2D eigenvalue weighted by Gasteiger charge is -2.37. The molecule has 1 aliphatic carbocycles. The summed E-state index contributed by atoms with van der Waals surface area (Å²) in [6.45, 7) is 17.5. The highest BCUT2D eigenvalue weighted by molar-refractivity contribution is 6.03. The zero-order valence-corrected chi connectivity index (χ0v) is 23.0. The predicted molar refractivity (Wildman–Crippen MR) is 147 cm³/mol. The van der Waals surface area contributed by atoms with Gasteiger partial charge in [0, 0.05) is 55.6 Å². The van der Waals surface area contributed by atoms with Crippen molar-refractivity contribution in [3.8, 4) is 5.75 Å². The monoisotopic (exact) mass is 496 g/mol. The third kappa shape index (κ3) is 8.54. The van der Waals surface area contributed by atoms with Crippen LogP contribution >= 0.6 is 0 Å². The summed E-state index contributed by atoms with van der Waals surface area (Å²) in [6.07, 6.45) is 12.0. The lowest BCUT2D eigenvalue weighted by molar-refractivity contribution is 0.0868. The van der Waals surface area contributed by atoms with E-state index in [1.165, 1.54) is 35.2 Å². The molecule has 2 heterocycles. The first-order valence-electron chi connectivity index (χ1n) is 13.1. The molecule has 1 saturated heterocycles. The molecule has 36 heavy (non-hydrogen) atoms. The fraction of sp³-hybridized carbons (Fsp3) is 0.552. The Morgan fingerprint density at radius 1 is 1.17 bits per heavy atom. The van der Waals surface area contributed by atoms with Crippen LogP contribution in [0.2, 0.25) is 0 Å². The molecule has 0 bridgehead atoms. The topological polar surface area (TPSA) is 67.3 Å². The minimum Gasteiger partial charge on any atom is -0.495 e. The Kier molecular flexibility index (Phi) is 12.2. The van der Waals surface area contributed by atoms with Gasteiger partial charge in [0.15, 0.2) is 0 Å². The number of pyridine rings is 1. The van der Waals surface area contributed by atoms with Gasteiger partial charge >= 0.3 is 6.09 Å². The van der Waals surface area contributed by atoms with Crippen LogP contribution < -0.4 is 4.74 Å². The fourth-order valence-electron chi connectivity index (χ4n) is 4.46. The number of amides is 1. The average Bonchev–Trinajstić information content (AvgIpc) is 3.73. The normalized spacial score (nSPS) is 17.1. The van der Waals surface area contributed by atoms with Crippen LogP contribution in [0.25, 0.3) is 0 Å². The first-order chi connectivity index (χ1) is 17.4. The SMILES string of the molecule is C=CN=C(C)C(/C(=C\C)C1CC1)=C(\C)N1CCN(C(=O)OCC)CC1.CCCc1cncc(OC)c1. The molecule has 0 N–H and O–H groups in total. The molecule has 0 atom stereocenters. The summed E-state index contributed by atoms with van der Waals surface area (Å²) in [5.41, 5.74) is 6.14. The van der Waals surface area contributed by atoms with Crippen molar-refractivity contribution in [3.63, 3.8) is 0 Å². The quantitative estimate of drug-likeness (QED) is 0.308. The zero-order chi connectivity index (χ0) is 26.5. The Morgan fingerprint density at radius 2 is 1.83 bits per heavy atom. The molecule has 7 nitrogen and oxygen atoms in total. The number of hydrogen-bond acceptors (Lipinski definition) is 6. The number of carbonyl (C=O) groups is 1. The third-order valence-corrected chi connectivity index (χ3v) is 6.45. The van der Waals surface area contributed by atoms with Crippen molar-refractivity contribution in [1.82, 2.24) is 14.8 Å². The standard InChI is InChI=1S/C20H31N3O2.C9H13NO/c1-6-18(17-9-10-17)19(15(4)21-7-2)16(5)22-11-13-23(14-12-22)20(24)25-8-3;1-3-4-8-5-9(11-2)7-10-6-8/h6-7,17H,2,8-14H2,1,3-5H3;5-7H,3-4H2,1-2H3/b18-6-,19-16-,21-15?;. The second kappa shape index (κ2) is 15.1. The number of nitrogens with zero attached hydrogens (tertiary/aromatic N) is 4. The number of rotatable bonds is 9. The van der Waals surface area contributed by atoms with Crippen LogP contribution in [0.1, 0.15) is 59.4 Å². The lowest BCUT2D eigenvalue weighted by atomic mass is 9.95. The molecule has 7 heteroatoms. The Labute approximate surface area is 217 Å². The maximum absolute atomic E-state index is 11.9. The first-order valence-corrected chi connectivity index (χ1v) is 13.1. The van der Waals surface area contributed by atoms with Crippen LogP contribution in [0.3, 0.4) is 0 Å². The summed E-state index contributed by atoms with van der Waals surface area (Å²) in [7, 11) is 1.66. The number of methoxy groups -OCH3 is 1. The predicted octanol–water partition coefficient (Wildman–Crippen LogP) is 6.04. The number of piperazine rings is 1. The van der Waals surface area contributed by atoms with Gasteiger partial charge in [0.2, 0.25) is 0 Å². The largest absolute Gasteiger partial charge is 0.495 e. The van der Waals surface area contributed by atoms with Crippen molar-refractivity contribution in [2.24, 2.45) is 10.9 Å². The molecule has 2 fully saturated rings. The van der Waals surface area contributed by atoms with Gasteiger partial charge in [0.25, 0.3) is 0 Å². The van der Waals surface area contributed by atoms with E-state index in [0.717, 1.165) is 37.4 Å². The van der Waals surface area contributed by atoms with Gasteiger partial charge in [-0.25, -0.2) is 4.79 Å². The molecule has 1 aromatic heterocycles. The van der Waals surface area contributed by atoms with Crippen molar-refractivity contribution < 1.29 is 14.3 Å². The molecule has 1 aromatic rings. The van der Waals surface area contributed by atoms with Gasteiger partial charge in [-0.3, -0.25) is 9.98 Å². The lowest BCUT2D eigenvalue weighted by Crippen LogP contribution is -2.48. The van der Waals surface area contributed by atoms with E-state index in [1.54, 1.807) is 24.4 Å². The summed E-state index contributed by atoms with van der Waals surface area (Å²) in [4.78, 5) is 24.5. The second-order valence-corrected chi connectivity index (χ2v) is 9.03. The molecule has 0 unspecified atom stereocenters. The molecule has 1 aliphatic heterocycles. The fourth-order valence-corrected chi connectivity index (χ4v) is 4.46. The van der Waals surface area contributed by atoms with Crippen molar-refractivity contribution in [3.05, 3.63) is 59.7 Å². The number of ether oxygens (including phenoxy) is 2. The van der Waals surface area contributed by atoms with E-state index >= 15 is 0 Å². The van der Waals surface area contributed by atoms with Crippen molar-refractivity contribution in [2.75, 3.05) is 39.9 Å². The van der Waals surface area contributed by atoms with Crippen molar-refractivity contribution >= 4 is 11.8 Å². The van der Waals surface area contributed by atoms with E-state index in [2.05, 4.69) is 55.2 Å². The van der Waals surface area contributed by atoms with Crippen LogP contribution in [0, 0.1) is 5.92 Å². The van der Waals surface area contributed by atoms with Crippen LogP contribution in [-0.4, -0.2) is 66.5 Å². The van der Waals surface area contributed by atoms with Gasteiger partial charge in [-0.2, -0.15) is 0 Å². The Morgan fingerprint density at radius 3 is 2.36 bits per heavy atom. The highest BCUT2D eigenvalue weighted by Crippen LogP contribution is 2.41. The molecule has 0 spiro atoms. The second-order valence-electron chi connectivity index (χ2n) is 9.03. The Hall–Kier alpha value is -3.09. The minimum absolute atomic E-state index is 0.208. The van der Waals surface area contributed by atoms with Crippen molar-refractivity contribution in [1.29, 1.82) is 0 Å². The van der Waals surface area contributed by atoms with Crippen LogP contribution in [0.4, 0.5) is 4.79 Å². The highest BCUT2D eigenvalue weighted by Gasteiger charge is 2.31. The van der Waals surface area contributed by atoms with E-state index in [9.17, 15) is 4.79 Å². The molecule has 2 aliphatic rings. The molecule has 3 rings (SSSR count). The van der Waals surface area contributed by atoms with Gasteiger partial charge in [0.1, 0.15) is 5.75 Å². The van der Waals surface area contributed by atoms with Crippen LogP contribution in [0.5, 0.6) is 5.75 Å². The molecule has 1 saturated carbocycles. The number of hydrogen-bond donors (Lipinski definition) is 0. The minimum atomic E-state index is -0.208. The molecule has 198 valence electrons. The van der Waals surface area contributed by atoms with E-state index in [1.807, 2.05) is 19.2 Å². The smallest absolute Gasteiger partial charge is 0.409 e. The summed E-state index contributed by atoms with van der Waals surface area (Å²) >= 11 is 0. The summed E-state index contributed by atoms with van der Waals surface area (Å²) in [5, 5.41) is 0. The van der Waals surface area contributed by atoms with Gasteiger partial charge in [-0.05, 0) is 70.1 Å². The summed E-state index contributed by atoms with van der Waals surface area (Å²) in [5.74, 6) is 1.50. The van der Waals surface area contributed by atoms with Crippen LogP contribution in [-0.2, 0) is 11.2 Å². The first kappa shape index (κ1) is 29.1. The summed E-state index contributed by atoms with van der Waals surface area (Å²) < 4.78 is 10.1. The molecule has 0 radical (unpaired) electrons. The van der Waals surface area contributed by atoms with Gasteiger partial charge in [0.05, 0.1) is 19.9 Å². The third-order valence-electron chi connectivity index (χ3n) is 6.45. The van der Waals surface area contributed by atoms with Crippen molar-refractivity contribution in [2.45, 2.75) is 60.3 Å². The number of aryl methyl sites for hydroxylation is 1. The molecular formula is C29H44N4O3. The average molecular weight is 497 g/mol. The van der Waals surface area contributed by atoms with Gasteiger partial charge < -0.3 is 19.3 Å².